The minimum absolute atomic E-state index is 0.303. The number of rotatable bonds is 7. The fourth-order valence-corrected chi connectivity index (χ4v) is 1.61. The first kappa shape index (κ1) is 12.9. The molecule has 0 aliphatic carbocycles. The molecule has 0 radical (unpaired) electrons. The number of nitrogens with zero attached hydrogens (tertiary/aromatic N) is 2. The lowest BCUT2D eigenvalue weighted by Crippen LogP contribution is -2.05. The molecule has 0 atom stereocenters. The van der Waals surface area contributed by atoms with Gasteiger partial charge in [-0.15, -0.1) is 0 Å². The van der Waals surface area contributed by atoms with Gasteiger partial charge in [-0.3, -0.25) is 0 Å². The van der Waals surface area contributed by atoms with Crippen molar-refractivity contribution in [2.75, 3.05) is 18.5 Å². The third-order valence-electron chi connectivity index (χ3n) is 2.36. The molecule has 0 aliphatic heterocycles. The van der Waals surface area contributed by atoms with E-state index in [2.05, 4.69) is 15.3 Å². The molecular formula is C12H21N3O. The molecule has 0 aromatic carbocycles. The van der Waals surface area contributed by atoms with Gasteiger partial charge in [0.15, 0.2) is 0 Å². The van der Waals surface area contributed by atoms with Gasteiger partial charge in [0.25, 0.3) is 0 Å². The van der Waals surface area contributed by atoms with Gasteiger partial charge in [-0.2, -0.15) is 0 Å². The zero-order valence-electron chi connectivity index (χ0n) is 10.2. The van der Waals surface area contributed by atoms with E-state index in [0.29, 0.717) is 6.61 Å². The van der Waals surface area contributed by atoms with Gasteiger partial charge in [-0.1, -0.05) is 12.8 Å². The van der Waals surface area contributed by atoms with Crippen molar-refractivity contribution >= 4 is 5.82 Å². The molecule has 0 bridgehead atoms. The van der Waals surface area contributed by atoms with Crippen LogP contribution in [0.4, 0.5) is 5.82 Å². The molecule has 2 N–H and O–H groups in total. The third-order valence-corrected chi connectivity index (χ3v) is 2.36. The van der Waals surface area contributed by atoms with Gasteiger partial charge < -0.3 is 10.4 Å². The molecule has 4 nitrogen and oxygen atoms in total. The lowest BCUT2D eigenvalue weighted by Gasteiger charge is -2.06. The number of unbranched alkanes of at least 4 members (excludes halogenated alkanes) is 3. The van der Waals surface area contributed by atoms with Crippen molar-refractivity contribution in [1.82, 2.24) is 9.97 Å². The van der Waals surface area contributed by atoms with Crippen molar-refractivity contribution in [1.29, 1.82) is 0 Å². The van der Waals surface area contributed by atoms with E-state index in [1.165, 1.54) is 0 Å². The predicted octanol–water partition coefficient (Wildman–Crippen LogP) is 2.06. The Morgan fingerprint density at radius 3 is 2.56 bits per heavy atom. The van der Waals surface area contributed by atoms with Crippen molar-refractivity contribution in [2.24, 2.45) is 0 Å². The van der Waals surface area contributed by atoms with Crippen LogP contribution in [0.15, 0.2) is 6.07 Å². The maximum atomic E-state index is 8.63. The van der Waals surface area contributed by atoms with Crippen LogP contribution in [0.25, 0.3) is 0 Å². The summed E-state index contributed by atoms with van der Waals surface area (Å²) in [4.78, 5) is 8.53. The Labute approximate surface area is 97.1 Å². The molecule has 1 aromatic rings. The first-order valence-corrected chi connectivity index (χ1v) is 5.89. The second-order valence-electron chi connectivity index (χ2n) is 4.01. The Morgan fingerprint density at radius 2 is 1.88 bits per heavy atom. The average Bonchev–Trinajstić information content (AvgIpc) is 2.22. The number of aromatic nitrogens is 2. The molecule has 90 valence electrons. The van der Waals surface area contributed by atoms with Crippen LogP contribution >= 0.6 is 0 Å². The molecule has 0 amide bonds. The summed E-state index contributed by atoms with van der Waals surface area (Å²) in [6.45, 7) is 5.11. The second kappa shape index (κ2) is 7.17. The lowest BCUT2D eigenvalue weighted by atomic mass is 10.2. The van der Waals surface area contributed by atoms with Gasteiger partial charge in [0.05, 0.1) is 0 Å². The SMILES string of the molecule is Cc1cc(NCCCCCCO)nc(C)n1. The van der Waals surface area contributed by atoms with Crippen molar-refractivity contribution in [3.05, 3.63) is 17.6 Å². The minimum Gasteiger partial charge on any atom is -0.396 e. The van der Waals surface area contributed by atoms with E-state index in [0.717, 1.165) is 49.6 Å². The summed E-state index contributed by atoms with van der Waals surface area (Å²) in [5.74, 6) is 1.72. The molecule has 4 heteroatoms. The Kier molecular flexibility index (Phi) is 5.78. The fourth-order valence-electron chi connectivity index (χ4n) is 1.61. The Balaban J connectivity index is 2.21. The monoisotopic (exact) mass is 223 g/mol. The summed E-state index contributed by atoms with van der Waals surface area (Å²) in [6, 6.07) is 1.96. The number of anilines is 1. The topological polar surface area (TPSA) is 58.0 Å². The highest BCUT2D eigenvalue weighted by Crippen LogP contribution is 2.06. The number of hydrogen-bond acceptors (Lipinski definition) is 4. The summed E-state index contributed by atoms with van der Waals surface area (Å²) in [5.41, 5.74) is 0.996. The number of aryl methyl sites for hydroxylation is 2. The van der Waals surface area contributed by atoms with E-state index in [-0.39, 0.29) is 0 Å². The summed E-state index contributed by atoms with van der Waals surface area (Å²) in [6.07, 6.45) is 4.27. The van der Waals surface area contributed by atoms with Crippen molar-refractivity contribution < 1.29 is 5.11 Å². The van der Waals surface area contributed by atoms with Crippen LogP contribution in [0.1, 0.15) is 37.2 Å². The zero-order valence-corrected chi connectivity index (χ0v) is 10.2. The van der Waals surface area contributed by atoms with E-state index in [1.54, 1.807) is 0 Å². The van der Waals surface area contributed by atoms with E-state index in [9.17, 15) is 0 Å². The third kappa shape index (κ3) is 5.07. The van der Waals surface area contributed by atoms with Gasteiger partial charge in [-0.25, -0.2) is 9.97 Å². The zero-order chi connectivity index (χ0) is 11.8. The number of nitrogens with one attached hydrogen (secondary N) is 1. The minimum atomic E-state index is 0.303. The Morgan fingerprint density at radius 1 is 1.12 bits per heavy atom. The summed E-state index contributed by atoms with van der Waals surface area (Å²) in [5, 5.41) is 11.9. The largest absolute Gasteiger partial charge is 0.396 e. The molecule has 0 aliphatic rings. The van der Waals surface area contributed by atoms with Crippen molar-refractivity contribution in [2.45, 2.75) is 39.5 Å². The first-order chi connectivity index (χ1) is 7.72. The first-order valence-electron chi connectivity index (χ1n) is 5.89. The lowest BCUT2D eigenvalue weighted by molar-refractivity contribution is 0.283. The van der Waals surface area contributed by atoms with Gasteiger partial charge in [0.1, 0.15) is 11.6 Å². The van der Waals surface area contributed by atoms with E-state index in [4.69, 9.17) is 5.11 Å². The van der Waals surface area contributed by atoms with Gasteiger partial charge in [0.2, 0.25) is 0 Å². The molecule has 0 spiro atoms. The number of aliphatic hydroxyl groups excluding tert-OH is 1. The van der Waals surface area contributed by atoms with Crippen molar-refractivity contribution in [3.63, 3.8) is 0 Å². The highest BCUT2D eigenvalue weighted by Gasteiger charge is 1.97. The fraction of sp³-hybridized carbons (Fsp3) is 0.667. The highest BCUT2D eigenvalue weighted by molar-refractivity contribution is 5.35. The molecular weight excluding hydrogens is 202 g/mol. The average molecular weight is 223 g/mol. The van der Waals surface area contributed by atoms with Crippen LogP contribution in [0.2, 0.25) is 0 Å². The van der Waals surface area contributed by atoms with Gasteiger partial charge in [0, 0.05) is 24.9 Å². The van der Waals surface area contributed by atoms with Crippen LogP contribution in [-0.4, -0.2) is 28.2 Å². The highest BCUT2D eigenvalue weighted by atomic mass is 16.2. The maximum absolute atomic E-state index is 8.63. The van der Waals surface area contributed by atoms with Crippen LogP contribution in [0.5, 0.6) is 0 Å². The molecule has 1 heterocycles. The van der Waals surface area contributed by atoms with Crippen LogP contribution < -0.4 is 5.32 Å². The molecule has 1 rings (SSSR count). The van der Waals surface area contributed by atoms with E-state index < -0.39 is 0 Å². The van der Waals surface area contributed by atoms with E-state index >= 15 is 0 Å². The second-order valence-corrected chi connectivity index (χ2v) is 4.01. The Bertz CT molecular complexity index is 295. The number of hydrogen-bond donors (Lipinski definition) is 2. The standard InChI is InChI=1S/C12H21N3O/c1-10-9-12(15-11(2)14-10)13-7-5-3-4-6-8-16/h9,16H,3-8H2,1-2H3,(H,13,14,15). The molecule has 0 fully saturated rings. The summed E-state index contributed by atoms with van der Waals surface area (Å²) >= 11 is 0. The predicted molar refractivity (Wildman–Crippen MR) is 65.5 cm³/mol. The maximum Gasteiger partial charge on any atom is 0.129 e. The van der Waals surface area contributed by atoms with Gasteiger partial charge >= 0.3 is 0 Å². The molecule has 16 heavy (non-hydrogen) atoms. The number of aliphatic hydroxyl groups is 1. The summed E-state index contributed by atoms with van der Waals surface area (Å²) in [7, 11) is 0. The molecule has 0 saturated heterocycles. The molecule has 0 saturated carbocycles. The van der Waals surface area contributed by atoms with Crippen LogP contribution in [0.3, 0.4) is 0 Å². The summed E-state index contributed by atoms with van der Waals surface area (Å²) < 4.78 is 0. The molecule has 1 aromatic heterocycles. The van der Waals surface area contributed by atoms with Crippen LogP contribution in [-0.2, 0) is 0 Å². The Hall–Kier alpha value is -1.16. The normalized spacial score (nSPS) is 10.4. The smallest absolute Gasteiger partial charge is 0.129 e. The van der Waals surface area contributed by atoms with E-state index in [1.807, 2.05) is 19.9 Å². The van der Waals surface area contributed by atoms with Crippen molar-refractivity contribution in [3.8, 4) is 0 Å². The van der Waals surface area contributed by atoms with Crippen LogP contribution in [0, 0.1) is 13.8 Å². The molecule has 0 unspecified atom stereocenters. The van der Waals surface area contributed by atoms with Gasteiger partial charge in [-0.05, 0) is 26.7 Å². The quantitative estimate of drug-likeness (QED) is 0.695.